The molecule has 1 aromatic carbocycles. The van der Waals surface area contributed by atoms with Crippen LogP contribution in [0.2, 0.25) is 5.02 Å². The van der Waals surface area contributed by atoms with Crippen molar-refractivity contribution in [2.75, 3.05) is 39.0 Å². The number of carbonyl (C=O) groups excluding carboxylic acids is 2. The molecule has 1 aliphatic rings. The van der Waals surface area contributed by atoms with Gasteiger partial charge in [-0.25, -0.2) is 9.50 Å². The van der Waals surface area contributed by atoms with Gasteiger partial charge in [-0.3, -0.25) is 19.1 Å². The number of carbonyl (C=O) groups is 3. The molecule has 0 bridgehead atoms. The van der Waals surface area contributed by atoms with Crippen molar-refractivity contribution in [1.82, 2.24) is 34.2 Å². The van der Waals surface area contributed by atoms with Gasteiger partial charge in [-0.15, -0.1) is 0 Å². The summed E-state index contributed by atoms with van der Waals surface area (Å²) in [6, 6.07) is 4.82. The van der Waals surface area contributed by atoms with E-state index in [1.807, 2.05) is 19.0 Å². The van der Waals surface area contributed by atoms with Gasteiger partial charge in [0.15, 0.2) is 5.65 Å². The first-order valence-corrected chi connectivity index (χ1v) is 14.5. The maximum absolute atomic E-state index is 13.9. The standard InChI is InChI=1S/C29H31ClF2N8O5/c1-37(2)11-8-22(27(42)38-12-6-17(7-13-38)28(43)44)40-16-21(35-26(41)20-15-34-39-10-3-9-33-25(20)39)24(36-40)19-14-18(30)4-5-23(19)45-29(31)32/h3-5,9-10,14-17,22,29H,6-8,11-13H2,1-2H3,(H,35,41)(H,43,44). The molecule has 1 unspecified atom stereocenters. The topological polar surface area (TPSA) is 147 Å². The summed E-state index contributed by atoms with van der Waals surface area (Å²) in [4.78, 5) is 46.6. The zero-order valence-corrected chi connectivity index (χ0v) is 25.2. The Morgan fingerprint density at radius 1 is 1.22 bits per heavy atom. The fourth-order valence-electron chi connectivity index (χ4n) is 5.21. The number of anilines is 1. The van der Waals surface area contributed by atoms with E-state index in [9.17, 15) is 28.3 Å². The monoisotopic (exact) mass is 644 g/mol. The molecule has 5 rings (SSSR count). The lowest BCUT2D eigenvalue weighted by Crippen LogP contribution is -2.44. The highest BCUT2D eigenvalue weighted by molar-refractivity contribution is 6.31. The van der Waals surface area contributed by atoms with Gasteiger partial charge < -0.3 is 25.0 Å². The summed E-state index contributed by atoms with van der Waals surface area (Å²) in [7, 11) is 3.70. The molecular weight excluding hydrogens is 614 g/mol. The number of benzene rings is 1. The van der Waals surface area contributed by atoms with E-state index in [-0.39, 0.29) is 57.9 Å². The highest BCUT2D eigenvalue weighted by atomic mass is 35.5. The number of carboxylic acid groups (broad SMARTS) is 1. The molecule has 238 valence electrons. The number of ether oxygens (including phenoxy) is 1. The number of rotatable bonds is 11. The van der Waals surface area contributed by atoms with Crippen LogP contribution in [0.25, 0.3) is 16.9 Å². The number of likely N-dealkylation sites (tertiary alicyclic amines) is 1. The van der Waals surface area contributed by atoms with E-state index < -0.39 is 30.4 Å². The number of nitrogens with zero attached hydrogens (tertiary/aromatic N) is 7. The van der Waals surface area contributed by atoms with E-state index in [1.54, 1.807) is 17.2 Å². The molecule has 13 nitrogen and oxygen atoms in total. The summed E-state index contributed by atoms with van der Waals surface area (Å²) in [6.07, 6.45) is 6.89. The van der Waals surface area contributed by atoms with Crippen molar-refractivity contribution >= 4 is 40.7 Å². The number of fused-ring (bicyclic) bond motifs is 1. The molecule has 4 aromatic rings. The minimum Gasteiger partial charge on any atom is -0.481 e. The summed E-state index contributed by atoms with van der Waals surface area (Å²) in [5.74, 6) is -2.55. The zero-order valence-electron chi connectivity index (χ0n) is 24.4. The molecule has 1 aliphatic heterocycles. The third-order valence-electron chi connectivity index (χ3n) is 7.53. The number of hydrogen-bond donors (Lipinski definition) is 2. The Hall–Kier alpha value is -4.63. The van der Waals surface area contributed by atoms with Crippen molar-refractivity contribution < 1.29 is 33.0 Å². The number of carboxylic acids is 1. The lowest BCUT2D eigenvalue weighted by atomic mass is 9.96. The Kier molecular flexibility index (Phi) is 9.58. The molecule has 1 fully saturated rings. The van der Waals surface area contributed by atoms with Crippen LogP contribution in [0.5, 0.6) is 5.75 Å². The SMILES string of the molecule is CN(C)CCC(C(=O)N1CCC(C(=O)O)CC1)n1cc(NC(=O)c2cnn3cccnc23)c(-c2cc(Cl)ccc2OC(F)F)n1. The van der Waals surface area contributed by atoms with Crippen molar-refractivity contribution in [3.05, 3.63) is 59.6 Å². The second-order valence-corrected chi connectivity index (χ2v) is 11.3. The van der Waals surface area contributed by atoms with E-state index in [0.717, 1.165) is 0 Å². The number of hydrogen-bond acceptors (Lipinski definition) is 8. The molecular formula is C29H31ClF2N8O5. The average molecular weight is 645 g/mol. The predicted octanol–water partition coefficient (Wildman–Crippen LogP) is 3.92. The second-order valence-electron chi connectivity index (χ2n) is 10.8. The molecule has 2 amide bonds. The van der Waals surface area contributed by atoms with Crippen LogP contribution in [0.3, 0.4) is 0 Å². The van der Waals surface area contributed by atoms with Crippen molar-refractivity contribution in [2.24, 2.45) is 5.92 Å². The van der Waals surface area contributed by atoms with Crippen molar-refractivity contribution in [3.8, 4) is 17.0 Å². The summed E-state index contributed by atoms with van der Waals surface area (Å²) in [5, 5.41) is 21.2. The molecule has 2 N–H and O–H groups in total. The Balaban J connectivity index is 1.56. The van der Waals surface area contributed by atoms with Crippen molar-refractivity contribution in [3.63, 3.8) is 0 Å². The minimum absolute atomic E-state index is 0.0400. The highest BCUT2D eigenvalue weighted by Crippen LogP contribution is 2.38. The highest BCUT2D eigenvalue weighted by Gasteiger charge is 2.33. The third kappa shape index (κ3) is 7.20. The van der Waals surface area contributed by atoms with Crippen LogP contribution in [0.15, 0.2) is 49.1 Å². The Morgan fingerprint density at radius 3 is 2.67 bits per heavy atom. The van der Waals surface area contributed by atoms with Crippen LogP contribution in [0.1, 0.15) is 35.7 Å². The van der Waals surface area contributed by atoms with Crippen LogP contribution in [-0.2, 0) is 9.59 Å². The lowest BCUT2D eigenvalue weighted by molar-refractivity contribution is -0.146. The van der Waals surface area contributed by atoms with Gasteiger partial charge in [0.1, 0.15) is 23.0 Å². The minimum atomic E-state index is -3.15. The van der Waals surface area contributed by atoms with E-state index in [4.69, 9.17) is 16.3 Å². The number of halogens is 3. The molecule has 0 radical (unpaired) electrons. The Bertz CT molecular complexity index is 1700. The fourth-order valence-corrected chi connectivity index (χ4v) is 5.38. The fraction of sp³-hybridized carbons (Fsp3) is 0.379. The van der Waals surface area contributed by atoms with Crippen LogP contribution < -0.4 is 10.1 Å². The molecule has 0 saturated carbocycles. The second kappa shape index (κ2) is 13.6. The number of aromatic nitrogens is 5. The normalized spacial score (nSPS) is 14.7. The first-order valence-electron chi connectivity index (χ1n) is 14.1. The molecule has 0 aliphatic carbocycles. The maximum atomic E-state index is 13.9. The van der Waals surface area contributed by atoms with Crippen molar-refractivity contribution in [1.29, 1.82) is 0 Å². The van der Waals surface area contributed by atoms with Gasteiger partial charge in [0.25, 0.3) is 5.91 Å². The molecule has 0 spiro atoms. The Morgan fingerprint density at radius 2 is 1.98 bits per heavy atom. The molecule has 3 aromatic heterocycles. The smallest absolute Gasteiger partial charge is 0.387 e. The summed E-state index contributed by atoms with van der Waals surface area (Å²) >= 11 is 6.26. The van der Waals surface area contributed by atoms with Gasteiger partial charge in [-0.2, -0.15) is 19.0 Å². The number of aliphatic carboxylic acids is 1. The average Bonchev–Trinajstić information content (AvgIpc) is 3.62. The maximum Gasteiger partial charge on any atom is 0.387 e. The van der Waals surface area contributed by atoms with Gasteiger partial charge in [0.2, 0.25) is 5.91 Å². The first kappa shape index (κ1) is 31.8. The van der Waals surface area contributed by atoms with E-state index in [1.165, 1.54) is 46.0 Å². The Labute approximate surface area is 261 Å². The molecule has 1 atom stereocenters. The van der Waals surface area contributed by atoms with Gasteiger partial charge in [0, 0.05) is 42.6 Å². The predicted molar refractivity (Wildman–Crippen MR) is 159 cm³/mol. The van der Waals surface area contributed by atoms with E-state index in [0.29, 0.717) is 25.8 Å². The zero-order chi connectivity index (χ0) is 32.2. The van der Waals surface area contributed by atoms with Gasteiger partial charge in [-0.1, -0.05) is 11.6 Å². The molecule has 4 heterocycles. The first-order chi connectivity index (χ1) is 21.5. The number of piperidine rings is 1. The summed E-state index contributed by atoms with van der Waals surface area (Å²) in [6.45, 7) is -2.15. The van der Waals surface area contributed by atoms with Crippen LogP contribution in [-0.4, -0.2) is 97.4 Å². The molecule has 45 heavy (non-hydrogen) atoms. The summed E-state index contributed by atoms with van der Waals surface area (Å²) in [5.41, 5.74) is 0.640. The van der Waals surface area contributed by atoms with Gasteiger partial charge in [-0.05, 0) is 57.6 Å². The van der Waals surface area contributed by atoms with Crippen LogP contribution in [0.4, 0.5) is 14.5 Å². The van der Waals surface area contributed by atoms with Gasteiger partial charge >= 0.3 is 12.6 Å². The largest absolute Gasteiger partial charge is 0.481 e. The molecule has 16 heteroatoms. The third-order valence-corrected chi connectivity index (χ3v) is 7.76. The van der Waals surface area contributed by atoms with Crippen LogP contribution >= 0.6 is 11.6 Å². The van der Waals surface area contributed by atoms with E-state index in [2.05, 4.69) is 20.5 Å². The number of alkyl halides is 2. The van der Waals surface area contributed by atoms with Crippen LogP contribution in [0, 0.1) is 5.92 Å². The van der Waals surface area contributed by atoms with E-state index >= 15 is 0 Å². The number of amides is 2. The van der Waals surface area contributed by atoms with Crippen molar-refractivity contribution in [2.45, 2.75) is 31.9 Å². The summed E-state index contributed by atoms with van der Waals surface area (Å²) < 4.78 is 34.4. The van der Waals surface area contributed by atoms with Gasteiger partial charge in [0.05, 0.1) is 24.0 Å². The quantitative estimate of drug-likeness (QED) is 0.248. The lowest BCUT2D eigenvalue weighted by Gasteiger charge is -2.33. The number of nitrogens with one attached hydrogen (secondary N) is 1. The molecule has 1 saturated heterocycles.